The van der Waals surface area contributed by atoms with Crippen molar-refractivity contribution in [3.8, 4) is 0 Å². The highest BCUT2D eigenvalue weighted by Crippen LogP contribution is 2.24. The van der Waals surface area contributed by atoms with Crippen LogP contribution in [0.3, 0.4) is 0 Å². The lowest BCUT2D eigenvalue weighted by molar-refractivity contribution is 0.580. The summed E-state index contributed by atoms with van der Waals surface area (Å²) in [7, 11) is 4.03. The largest absolute Gasteiger partial charge is 0.316 e. The van der Waals surface area contributed by atoms with E-state index in [1.807, 2.05) is 37.5 Å². The molecule has 1 unspecified atom stereocenters. The summed E-state index contributed by atoms with van der Waals surface area (Å²) in [5, 5.41) is 7.87. The summed E-state index contributed by atoms with van der Waals surface area (Å²) in [5.74, 6) is 1.04. The van der Waals surface area contributed by atoms with Gasteiger partial charge in [0.1, 0.15) is 0 Å². The predicted octanol–water partition coefficient (Wildman–Crippen LogP) is 3.72. The van der Waals surface area contributed by atoms with Crippen molar-refractivity contribution in [1.29, 1.82) is 0 Å². The molecule has 2 aromatic rings. The van der Waals surface area contributed by atoms with Crippen LogP contribution in [0.2, 0.25) is 0 Å². The van der Waals surface area contributed by atoms with Gasteiger partial charge in [-0.2, -0.15) is 5.10 Å². The average Bonchev–Trinajstić information content (AvgIpc) is 2.71. The van der Waals surface area contributed by atoms with Gasteiger partial charge in [0.05, 0.1) is 15.9 Å². The van der Waals surface area contributed by atoms with E-state index in [0.29, 0.717) is 6.04 Å². The van der Waals surface area contributed by atoms with Gasteiger partial charge in [-0.3, -0.25) is 4.68 Å². The Morgan fingerprint density at radius 1 is 1.29 bits per heavy atom. The minimum atomic E-state index is 0.419. The number of hydrogen-bond acceptors (Lipinski definition) is 3. The molecule has 114 valence electrons. The third kappa shape index (κ3) is 4.34. The molecule has 0 aliphatic rings. The molecule has 5 heteroatoms. The van der Waals surface area contributed by atoms with Crippen molar-refractivity contribution in [2.24, 2.45) is 7.05 Å². The number of rotatable bonds is 6. The molecule has 0 radical (unpaired) electrons. The summed E-state index contributed by atoms with van der Waals surface area (Å²) in [6.45, 7) is 4.15. The smallest absolute Gasteiger partial charge is 0.0738 e. The minimum absolute atomic E-state index is 0.419. The number of thioether (sulfide) groups is 1. The maximum atomic E-state index is 4.46. The van der Waals surface area contributed by atoms with E-state index in [2.05, 4.69) is 57.5 Å². The van der Waals surface area contributed by atoms with Gasteiger partial charge in [-0.1, -0.05) is 17.7 Å². The number of nitrogens with zero attached hydrogens (tertiary/aromatic N) is 2. The topological polar surface area (TPSA) is 29.9 Å². The van der Waals surface area contributed by atoms with E-state index in [0.717, 1.165) is 22.3 Å². The molecule has 1 N–H and O–H groups in total. The number of aryl methyl sites for hydroxylation is 3. The van der Waals surface area contributed by atoms with Crippen molar-refractivity contribution < 1.29 is 0 Å². The molecule has 0 aliphatic carbocycles. The lowest BCUT2D eigenvalue weighted by atomic mass is 10.2. The zero-order valence-corrected chi connectivity index (χ0v) is 15.4. The fourth-order valence-electron chi connectivity index (χ4n) is 2.21. The Hall–Kier alpha value is -0.780. The molecule has 0 aliphatic heterocycles. The molecule has 21 heavy (non-hydrogen) atoms. The van der Waals surface area contributed by atoms with Crippen LogP contribution in [-0.2, 0) is 13.5 Å². The Kier molecular flexibility index (Phi) is 5.90. The average molecular weight is 368 g/mol. The maximum Gasteiger partial charge on any atom is 0.0738 e. The van der Waals surface area contributed by atoms with E-state index in [4.69, 9.17) is 0 Å². The molecule has 0 saturated heterocycles. The third-order valence-electron chi connectivity index (χ3n) is 3.58. The molecule has 0 bridgehead atoms. The van der Waals surface area contributed by atoms with Crippen LogP contribution in [-0.4, -0.2) is 28.6 Å². The van der Waals surface area contributed by atoms with Crippen molar-refractivity contribution in [2.75, 3.05) is 12.8 Å². The lowest BCUT2D eigenvalue weighted by Gasteiger charge is -2.16. The Labute approximate surface area is 139 Å². The van der Waals surface area contributed by atoms with E-state index >= 15 is 0 Å². The summed E-state index contributed by atoms with van der Waals surface area (Å²) in [6, 6.07) is 9.13. The molecule has 0 spiro atoms. The molecule has 3 nitrogen and oxygen atoms in total. The van der Waals surface area contributed by atoms with Gasteiger partial charge in [0.2, 0.25) is 0 Å². The Morgan fingerprint density at radius 2 is 1.95 bits per heavy atom. The number of hydrogen-bond donors (Lipinski definition) is 1. The molecule has 1 aromatic heterocycles. The van der Waals surface area contributed by atoms with Gasteiger partial charge in [0.25, 0.3) is 0 Å². The molecule has 1 aromatic carbocycles. The second kappa shape index (κ2) is 7.47. The van der Waals surface area contributed by atoms with E-state index in [-0.39, 0.29) is 0 Å². The fraction of sp³-hybridized carbons (Fsp3) is 0.438. The zero-order chi connectivity index (χ0) is 15.4. The van der Waals surface area contributed by atoms with Crippen LogP contribution >= 0.6 is 27.7 Å². The summed E-state index contributed by atoms with van der Waals surface area (Å²) >= 11 is 5.54. The quantitative estimate of drug-likeness (QED) is 0.789. The van der Waals surface area contributed by atoms with Crippen molar-refractivity contribution in [2.45, 2.75) is 31.2 Å². The van der Waals surface area contributed by atoms with Crippen LogP contribution in [0.25, 0.3) is 0 Å². The van der Waals surface area contributed by atoms with Gasteiger partial charge in [-0.15, -0.1) is 11.8 Å². The van der Waals surface area contributed by atoms with E-state index in [1.54, 1.807) is 0 Å². The van der Waals surface area contributed by atoms with Crippen molar-refractivity contribution >= 4 is 27.7 Å². The van der Waals surface area contributed by atoms with Gasteiger partial charge in [0.15, 0.2) is 0 Å². The summed E-state index contributed by atoms with van der Waals surface area (Å²) < 4.78 is 3.10. The van der Waals surface area contributed by atoms with Crippen molar-refractivity contribution in [3.63, 3.8) is 0 Å². The van der Waals surface area contributed by atoms with Gasteiger partial charge < -0.3 is 5.32 Å². The molecule has 1 atom stereocenters. The van der Waals surface area contributed by atoms with E-state index in [1.165, 1.54) is 16.2 Å². The van der Waals surface area contributed by atoms with Gasteiger partial charge in [-0.05, 0) is 49.0 Å². The lowest BCUT2D eigenvalue weighted by Crippen LogP contribution is -2.31. The Bertz CT molecular complexity index is 592. The van der Waals surface area contributed by atoms with Crippen molar-refractivity contribution in [1.82, 2.24) is 15.1 Å². The number of likely N-dealkylation sites (N-methyl/N-ethyl adjacent to an activating group) is 1. The molecule has 0 fully saturated rings. The van der Waals surface area contributed by atoms with Gasteiger partial charge in [0, 0.05) is 30.2 Å². The SMILES string of the molecule is CNC(CSc1ccc(C)cc1)Cc1c(Br)c(C)nn1C. The third-order valence-corrected chi connectivity index (χ3v) is 5.79. The number of halogens is 1. The maximum absolute atomic E-state index is 4.46. The normalized spacial score (nSPS) is 12.6. The number of benzene rings is 1. The van der Waals surface area contributed by atoms with Gasteiger partial charge >= 0.3 is 0 Å². The van der Waals surface area contributed by atoms with Crippen LogP contribution in [0.4, 0.5) is 0 Å². The van der Waals surface area contributed by atoms with Crippen LogP contribution in [0, 0.1) is 13.8 Å². The molecular formula is C16H22BrN3S. The van der Waals surface area contributed by atoms with Crippen molar-refractivity contribution in [3.05, 3.63) is 45.7 Å². The Balaban J connectivity index is 1.98. The van der Waals surface area contributed by atoms with E-state index < -0.39 is 0 Å². The van der Waals surface area contributed by atoms with Crippen LogP contribution in [0.15, 0.2) is 33.6 Å². The second-order valence-corrected chi connectivity index (χ2v) is 7.17. The first-order valence-corrected chi connectivity index (χ1v) is 8.83. The first-order chi connectivity index (χ1) is 10.0. The van der Waals surface area contributed by atoms with Crippen LogP contribution in [0.1, 0.15) is 17.0 Å². The fourth-order valence-corrected chi connectivity index (χ4v) is 3.72. The first-order valence-electron chi connectivity index (χ1n) is 7.06. The van der Waals surface area contributed by atoms with Crippen LogP contribution < -0.4 is 5.32 Å². The summed E-state index contributed by atoms with van der Waals surface area (Å²) in [4.78, 5) is 1.32. The highest BCUT2D eigenvalue weighted by Gasteiger charge is 2.16. The highest BCUT2D eigenvalue weighted by atomic mass is 79.9. The zero-order valence-electron chi connectivity index (χ0n) is 13.0. The van der Waals surface area contributed by atoms with E-state index in [9.17, 15) is 0 Å². The predicted molar refractivity (Wildman–Crippen MR) is 94.1 cm³/mol. The first kappa shape index (κ1) is 16.6. The minimum Gasteiger partial charge on any atom is -0.316 e. The summed E-state index contributed by atoms with van der Waals surface area (Å²) in [6.07, 6.45) is 0.966. The molecule has 0 saturated carbocycles. The molecule has 0 amide bonds. The number of aromatic nitrogens is 2. The standard InChI is InChI=1S/C16H22BrN3S/c1-11-5-7-14(8-6-11)21-10-13(18-3)9-15-16(17)12(2)19-20(15)4/h5-8,13,18H,9-10H2,1-4H3. The monoisotopic (exact) mass is 367 g/mol. The van der Waals surface area contributed by atoms with Crippen LogP contribution in [0.5, 0.6) is 0 Å². The van der Waals surface area contributed by atoms with Gasteiger partial charge in [-0.25, -0.2) is 0 Å². The Morgan fingerprint density at radius 3 is 2.48 bits per heavy atom. The second-order valence-electron chi connectivity index (χ2n) is 5.28. The summed E-state index contributed by atoms with van der Waals surface area (Å²) in [5.41, 5.74) is 3.60. The molecule has 1 heterocycles. The highest BCUT2D eigenvalue weighted by molar-refractivity contribution is 9.10. The molecule has 2 rings (SSSR count). The number of nitrogens with one attached hydrogen (secondary N) is 1. The molecular weight excluding hydrogens is 346 g/mol.